The molecule has 0 spiro atoms. The van der Waals surface area contributed by atoms with Crippen LogP contribution in [0.5, 0.6) is 0 Å². The predicted octanol–water partition coefficient (Wildman–Crippen LogP) is 1.88. The van der Waals surface area contributed by atoms with Gasteiger partial charge in [0.05, 0.1) is 14.2 Å². The third-order valence-corrected chi connectivity index (χ3v) is 4.91. The van der Waals surface area contributed by atoms with Crippen molar-refractivity contribution < 1.29 is 23.9 Å². The Hall–Kier alpha value is -1.39. The van der Waals surface area contributed by atoms with Crippen molar-refractivity contribution in [1.82, 2.24) is 0 Å². The van der Waals surface area contributed by atoms with E-state index in [9.17, 15) is 14.4 Å². The van der Waals surface area contributed by atoms with E-state index in [1.165, 1.54) is 14.2 Å². The number of hydrogen-bond acceptors (Lipinski definition) is 5. The van der Waals surface area contributed by atoms with Crippen LogP contribution in [0, 0.1) is 16.7 Å². The lowest BCUT2D eigenvalue weighted by molar-refractivity contribution is -0.169. The molecule has 112 valence electrons. The smallest absolute Gasteiger partial charge is 0.323 e. The molecular formula is C15H22O5. The van der Waals surface area contributed by atoms with Crippen LogP contribution in [0.4, 0.5) is 0 Å². The maximum absolute atomic E-state index is 12.4. The number of ether oxygens (including phenoxy) is 2. The third kappa shape index (κ3) is 2.03. The molecule has 0 saturated heterocycles. The van der Waals surface area contributed by atoms with Gasteiger partial charge in [-0.05, 0) is 31.6 Å². The molecule has 0 amide bonds. The summed E-state index contributed by atoms with van der Waals surface area (Å²) in [5.74, 6) is -0.817. The van der Waals surface area contributed by atoms with Crippen LogP contribution in [0.2, 0.25) is 0 Å². The molecule has 2 rings (SSSR count). The molecule has 0 heterocycles. The van der Waals surface area contributed by atoms with Crippen molar-refractivity contribution in [2.45, 2.75) is 45.4 Å². The van der Waals surface area contributed by atoms with E-state index in [0.717, 1.165) is 19.3 Å². The van der Waals surface area contributed by atoms with Gasteiger partial charge in [-0.1, -0.05) is 13.3 Å². The normalized spacial score (nSPS) is 29.4. The molecule has 0 aromatic heterocycles. The van der Waals surface area contributed by atoms with Gasteiger partial charge in [0.2, 0.25) is 0 Å². The maximum atomic E-state index is 12.4. The highest BCUT2D eigenvalue weighted by Crippen LogP contribution is 2.70. The average Bonchev–Trinajstić information content (AvgIpc) is 3.05. The molecule has 0 bridgehead atoms. The molecule has 20 heavy (non-hydrogen) atoms. The largest absolute Gasteiger partial charge is 0.468 e. The number of methoxy groups -OCH3 is 2. The van der Waals surface area contributed by atoms with Gasteiger partial charge in [0.15, 0.2) is 5.41 Å². The number of fused-ring (bicyclic) bond motifs is 1. The second-order valence-electron chi connectivity index (χ2n) is 6.03. The van der Waals surface area contributed by atoms with Gasteiger partial charge in [0.1, 0.15) is 5.78 Å². The van der Waals surface area contributed by atoms with Gasteiger partial charge in [-0.3, -0.25) is 14.4 Å². The van der Waals surface area contributed by atoms with Gasteiger partial charge < -0.3 is 9.47 Å². The first kappa shape index (κ1) is 15.0. The Morgan fingerprint density at radius 3 is 2.20 bits per heavy atom. The summed E-state index contributed by atoms with van der Waals surface area (Å²) in [5.41, 5.74) is -1.74. The molecule has 0 aliphatic heterocycles. The SMILES string of the molecule is CCCCC(=O)[C@]12C[C@H]1CC(C(=O)OC)(C(=O)OC)C2. The van der Waals surface area contributed by atoms with E-state index in [-0.39, 0.29) is 18.1 Å². The Morgan fingerprint density at radius 2 is 1.70 bits per heavy atom. The Morgan fingerprint density at radius 1 is 1.10 bits per heavy atom. The zero-order chi connectivity index (χ0) is 15.0. The summed E-state index contributed by atoms with van der Waals surface area (Å²) < 4.78 is 9.57. The first-order valence-electron chi connectivity index (χ1n) is 7.17. The second-order valence-corrected chi connectivity index (χ2v) is 6.03. The Balaban J connectivity index is 2.19. The first-order valence-corrected chi connectivity index (χ1v) is 7.17. The van der Waals surface area contributed by atoms with Gasteiger partial charge in [-0.25, -0.2) is 0 Å². The number of ketones is 1. The van der Waals surface area contributed by atoms with E-state index in [4.69, 9.17) is 9.47 Å². The second kappa shape index (κ2) is 5.19. The van der Waals surface area contributed by atoms with Crippen molar-refractivity contribution in [2.24, 2.45) is 16.7 Å². The van der Waals surface area contributed by atoms with Crippen LogP contribution in [-0.2, 0) is 23.9 Å². The monoisotopic (exact) mass is 282 g/mol. The van der Waals surface area contributed by atoms with Gasteiger partial charge >= 0.3 is 11.9 Å². The van der Waals surface area contributed by atoms with Crippen molar-refractivity contribution in [3.05, 3.63) is 0 Å². The molecule has 0 unspecified atom stereocenters. The molecule has 2 aliphatic rings. The Labute approximate surface area is 119 Å². The van der Waals surface area contributed by atoms with Gasteiger partial charge in [0, 0.05) is 11.8 Å². The minimum absolute atomic E-state index is 0.130. The van der Waals surface area contributed by atoms with E-state index < -0.39 is 22.8 Å². The number of rotatable bonds is 6. The highest BCUT2D eigenvalue weighted by molar-refractivity contribution is 6.03. The minimum atomic E-state index is -1.27. The van der Waals surface area contributed by atoms with Crippen LogP contribution >= 0.6 is 0 Å². The fourth-order valence-electron chi connectivity index (χ4n) is 3.71. The van der Waals surface area contributed by atoms with Gasteiger partial charge in [0.25, 0.3) is 0 Å². The number of carbonyl (C=O) groups excluding carboxylic acids is 3. The zero-order valence-corrected chi connectivity index (χ0v) is 12.4. The molecule has 0 aromatic rings. The summed E-state index contributed by atoms with van der Waals surface area (Å²) in [6.07, 6.45) is 3.79. The molecule has 0 aromatic carbocycles. The number of esters is 2. The average molecular weight is 282 g/mol. The lowest BCUT2D eigenvalue weighted by Crippen LogP contribution is -2.41. The number of unbranched alkanes of at least 4 members (excludes halogenated alkanes) is 1. The van der Waals surface area contributed by atoms with Crippen LogP contribution in [0.25, 0.3) is 0 Å². The lowest BCUT2D eigenvalue weighted by atomic mass is 9.79. The van der Waals surface area contributed by atoms with Gasteiger partial charge in [-0.15, -0.1) is 0 Å². The van der Waals surface area contributed by atoms with Crippen molar-refractivity contribution >= 4 is 17.7 Å². The number of carbonyl (C=O) groups is 3. The third-order valence-electron chi connectivity index (χ3n) is 4.91. The number of hydrogen-bond donors (Lipinski definition) is 0. The van der Waals surface area contributed by atoms with Crippen molar-refractivity contribution in [3.8, 4) is 0 Å². The zero-order valence-electron chi connectivity index (χ0n) is 12.4. The van der Waals surface area contributed by atoms with Crippen LogP contribution in [0.3, 0.4) is 0 Å². The van der Waals surface area contributed by atoms with E-state index >= 15 is 0 Å². The van der Waals surface area contributed by atoms with Crippen molar-refractivity contribution in [1.29, 1.82) is 0 Å². The molecule has 2 atom stereocenters. The Bertz CT molecular complexity index is 426. The highest BCUT2D eigenvalue weighted by atomic mass is 16.5. The maximum Gasteiger partial charge on any atom is 0.323 e. The van der Waals surface area contributed by atoms with E-state index in [1.807, 2.05) is 6.92 Å². The predicted molar refractivity (Wildman–Crippen MR) is 70.8 cm³/mol. The molecule has 2 aliphatic carbocycles. The molecule has 5 nitrogen and oxygen atoms in total. The lowest BCUT2D eigenvalue weighted by Gasteiger charge is -2.26. The van der Waals surface area contributed by atoms with E-state index in [1.54, 1.807) is 0 Å². The quantitative estimate of drug-likeness (QED) is 0.549. The molecule has 0 radical (unpaired) electrons. The first-order chi connectivity index (χ1) is 9.46. The summed E-state index contributed by atoms with van der Waals surface area (Å²) in [5, 5.41) is 0. The van der Waals surface area contributed by atoms with Crippen LogP contribution in [-0.4, -0.2) is 31.9 Å². The number of Topliss-reactive ketones (excluding diaryl/α,β-unsaturated/α-hetero) is 1. The summed E-state index contributed by atoms with van der Waals surface area (Å²) in [7, 11) is 2.53. The van der Waals surface area contributed by atoms with E-state index in [2.05, 4.69) is 0 Å². The van der Waals surface area contributed by atoms with E-state index in [0.29, 0.717) is 12.8 Å². The minimum Gasteiger partial charge on any atom is -0.468 e. The summed E-state index contributed by atoms with van der Waals surface area (Å²) in [6.45, 7) is 2.04. The molecule has 2 fully saturated rings. The van der Waals surface area contributed by atoms with Crippen molar-refractivity contribution in [3.63, 3.8) is 0 Å². The van der Waals surface area contributed by atoms with Crippen LogP contribution in [0.1, 0.15) is 45.4 Å². The molecule has 2 saturated carbocycles. The van der Waals surface area contributed by atoms with Crippen LogP contribution in [0.15, 0.2) is 0 Å². The fourth-order valence-corrected chi connectivity index (χ4v) is 3.71. The standard InChI is InChI=1S/C15H22O5/c1-4-5-6-11(16)14-7-10(14)8-15(9-14,12(17)19-2)13(18)20-3/h10H,4-9H2,1-3H3/t10-,14-/m0/s1. The molecule has 0 N–H and O–H groups in total. The molecular weight excluding hydrogens is 260 g/mol. The summed E-state index contributed by atoms with van der Waals surface area (Å²) in [4.78, 5) is 36.5. The van der Waals surface area contributed by atoms with Crippen molar-refractivity contribution in [2.75, 3.05) is 14.2 Å². The van der Waals surface area contributed by atoms with Crippen LogP contribution < -0.4 is 0 Å². The summed E-state index contributed by atoms with van der Waals surface area (Å²) in [6, 6.07) is 0. The summed E-state index contributed by atoms with van der Waals surface area (Å²) >= 11 is 0. The highest BCUT2D eigenvalue weighted by Gasteiger charge is 2.73. The fraction of sp³-hybridized carbons (Fsp3) is 0.800. The van der Waals surface area contributed by atoms with Gasteiger partial charge in [-0.2, -0.15) is 0 Å². The molecule has 5 heteroatoms. The Kier molecular flexibility index (Phi) is 3.89. The topological polar surface area (TPSA) is 69.7 Å².